The van der Waals surface area contributed by atoms with Gasteiger partial charge in [-0.3, -0.25) is 9.84 Å². The van der Waals surface area contributed by atoms with Gasteiger partial charge in [0.1, 0.15) is 18.1 Å². The lowest BCUT2D eigenvalue weighted by atomic mass is 10.1. The van der Waals surface area contributed by atoms with E-state index < -0.39 is 37.8 Å². The molecule has 0 fully saturated rings. The lowest BCUT2D eigenvalue weighted by Gasteiger charge is -2.28. The second-order valence-electron chi connectivity index (χ2n) is 9.80. The smallest absolute Gasteiger partial charge is 0.447 e. The van der Waals surface area contributed by atoms with Gasteiger partial charge in [0.15, 0.2) is 0 Å². The molecule has 0 unspecified atom stereocenters. The number of carbonyl (C=O) groups is 3. The highest BCUT2D eigenvalue weighted by atomic mass is 35.5. The number of hydrogen-bond acceptors (Lipinski definition) is 8. The summed E-state index contributed by atoms with van der Waals surface area (Å²) in [5, 5.41) is 14.0. The molecule has 0 saturated carbocycles. The number of hydrogen-bond donors (Lipinski definition) is 6. The van der Waals surface area contributed by atoms with Crippen molar-refractivity contribution < 1.29 is 46.9 Å². The van der Waals surface area contributed by atoms with E-state index >= 15 is 0 Å². The molecule has 18 heteroatoms. The number of unbranched alkanes of at least 4 members (excludes halogenated alkanes) is 1. The summed E-state index contributed by atoms with van der Waals surface area (Å²) in [7, 11) is -3.10. The maximum absolute atomic E-state index is 13.8. The molecule has 250 valence electrons. The Kier molecular flexibility index (Phi) is 14.2. The highest BCUT2D eigenvalue weighted by Crippen LogP contribution is 2.35. The van der Waals surface area contributed by atoms with E-state index in [-0.39, 0.29) is 43.8 Å². The van der Waals surface area contributed by atoms with E-state index in [1.807, 2.05) is 30.3 Å². The van der Waals surface area contributed by atoms with E-state index in [2.05, 4.69) is 30.9 Å². The predicted molar refractivity (Wildman–Crippen MR) is 165 cm³/mol. The zero-order chi connectivity index (χ0) is 33.5. The Labute approximate surface area is 269 Å². The van der Waals surface area contributed by atoms with E-state index in [9.17, 15) is 23.3 Å². The first kappa shape index (κ1) is 36.3. The van der Waals surface area contributed by atoms with Gasteiger partial charge in [-0.15, -0.1) is 0 Å². The normalized spacial score (nSPS) is 11.8. The molecule has 1 aromatic heterocycles. The summed E-state index contributed by atoms with van der Waals surface area (Å²) in [6, 6.07) is 13.3. The van der Waals surface area contributed by atoms with Crippen LogP contribution in [0.1, 0.15) is 24.8 Å². The number of nitrogens with zero attached hydrogens (tertiary/aromatic N) is 2. The van der Waals surface area contributed by atoms with Crippen LogP contribution in [0, 0.1) is 5.82 Å². The van der Waals surface area contributed by atoms with Crippen LogP contribution in [-0.4, -0.2) is 77.4 Å². The monoisotopic (exact) mass is 684 g/mol. The van der Waals surface area contributed by atoms with Crippen molar-refractivity contribution >= 4 is 43.5 Å². The topological polar surface area (TPSA) is 205 Å². The summed E-state index contributed by atoms with van der Waals surface area (Å²) in [5.41, 5.74) is 1.69. The van der Waals surface area contributed by atoms with Crippen molar-refractivity contribution in [2.45, 2.75) is 31.8 Å². The SMILES string of the molecule is CN(C(=O)NCc1cccc(F)c1Cl)[C@@H](CCCCNC(=O)NCCOP(=O)(O)O)COC(=O)Nc1cc(-c2ccccc2)no1. The molecule has 0 spiro atoms. The minimum absolute atomic E-state index is 0.0404. The van der Waals surface area contributed by atoms with Crippen LogP contribution < -0.4 is 21.3 Å². The first-order chi connectivity index (χ1) is 21.9. The quantitative estimate of drug-likeness (QED) is 0.0922. The lowest BCUT2D eigenvalue weighted by Crippen LogP contribution is -2.46. The average Bonchev–Trinajstić information content (AvgIpc) is 3.49. The third-order valence-electron chi connectivity index (χ3n) is 6.44. The molecule has 2 aromatic carbocycles. The van der Waals surface area contributed by atoms with E-state index in [1.54, 1.807) is 12.1 Å². The van der Waals surface area contributed by atoms with E-state index in [4.69, 9.17) is 30.6 Å². The molecule has 0 aliphatic carbocycles. The Bertz CT molecular complexity index is 1490. The van der Waals surface area contributed by atoms with Crippen molar-refractivity contribution in [3.8, 4) is 11.3 Å². The van der Waals surface area contributed by atoms with Gasteiger partial charge in [-0.1, -0.05) is 59.2 Å². The number of nitrogens with one attached hydrogen (secondary N) is 4. The predicted octanol–water partition coefficient (Wildman–Crippen LogP) is 4.47. The van der Waals surface area contributed by atoms with E-state index in [1.165, 1.54) is 24.1 Å². The van der Waals surface area contributed by atoms with Crippen LogP contribution >= 0.6 is 19.4 Å². The summed E-state index contributed by atoms with van der Waals surface area (Å²) < 4.78 is 39.3. The molecular formula is C28H35ClFN6O9P. The van der Waals surface area contributed by atoms with Crippen molar-refractivity contribution in [1.82, 2.24) is 26.0 Å². The number of urea groups is 2. The average molecular weight is 685 g/mol. The molecular weight excluding hydrogens is 650 g/mol. The molecule has 0 aliphatic rings. The summed E-state index contributed by atoms with van der Waals surface area (Å²) in [6.07, 6.45) is 0.538. The molecule has 1 heterocycles. The second kappa shape index (κ2) is 18.1. The van der Waals surface area contributed by atoms with E-state index in [0.717, 1.165) is 5.56 Å². The molecule has 0 bridgehead atoms. The number of halogens is 2. The molecule has 3 aromatic rings. The number of anilines is 1. The van der Waals surface area contributed by atoms with Gasteiger partial charge in [0.25, 0.3) is 0 Å². The Balaban J connectivity index is 1.51. The number of aromatic nitrogens is 1. The lowest BCUT2D eigenvalue weighted by molar-refractivity contribution is 0.112. The third-order valence-corrected chi connectivity index (χ3v) is 7.38. The van der Waals surface area contributed by atoms with Gasteiger partial charge >= 0.3 is 26.0 Å². The maximum Gasteiger partial charge on any atom is 0.469 e. The zero-order valence-electron chi connectivity index (χ0n) is 24.8. The van der Waals surface area contributed by atoms with Gasteiger partial charge in [0, 0.05) is 38.3 Å². The molecule has 15 nitrogen and oxygen atoms in total. The minimum Gasteiger partial charge on any atom is -0.447 e. The van der Waals surface area contributed by atoms with Gasteiger partial charge in [-0.05, 0) is 30.9 Å². The maximum atomic E-state index is 13.8. The highest BCUT2D eigenvalue weighted by molar-refractivity contribution is 7.46. The van der Waals surface area contributed by atoms with Crippen molar-refractivity contribution in [3.63, 3.8) is 0 Å². The van der Waals surface area contributed by atoms with Crippen molar-refractivity contribution in [1.29, 1.82) is 0 Å². The van der Waals surface area contributed by atoms with Crippen LogP contribution in [0.15, 0.2) is 59.1 Å². The third kappa shape index (κ3) is 12.7. The molecule has 6 N–H and O–H groups in total. The molecule has 5 amide bonds. The fourth-order valence-electron chi connectivity index (χ4n) is 4.02. The van der Waals surface area contributed by atoms with Gasteiger partial charge < -0.3 is 39.9 Å². The molecule has 0 radical (unpaired) electrons. The Morgan fingerprint density at radius 2 is 1.80 bits per heavy atom. The first-order valence-electron chi connectivity index (χ1n) is 14.0. The summed E-state index contributed by atoms with van der Waals surface area (Å²) in [4.78, 5) is 56.0. The number of carbonyl (C=O) groups excluding carboxylic acids is 3. The van der Waals surface area contributed by atoms with Crippen LogP contribution in [-0.2, 0) is 20.4 Å². The Hall–Kier alpha value is -4.21. The number of amides is 5. The van der Waals surface area contributed by atoms with Gasteiger partial charge in [-0.25, -0.2) is 23.3 Å². The van der Waals surface area contributed by atoms with Gasteiger partial charge in [-0.2, -0.15) is 0 Å². The van der Waals surface area contributed by atoms with Gasteiger partial charge in [0.2, 0.25) is 5.88 Å². The van der Waals surface area contributed by atoms with Crippen molar-refractivity contribution in [3.05, 3.63) is 71.0 Å². The number of likely N-dealkylation sites (N-methyl/N-ethyl adjacent to an activating group) is 1. The molecule has 3 rings (SSSR count). The number of rotatable bonds is 16. The largest absolute Gasteiger partial charge is 0.469 e. The van der Waals surface area contributed by atoms with Crippen LogP contribution in [0.3, 0.4) is 0 Å². The number of phosphoric ester groups is 1. The first-order valence-corrected chi connectivity index (χ1v) is 15.9. The van der Waals surface area contributed by atoms with E-state index in [0.29, 0.717) is 30.5 Å². The fraction of sp³-hybridized carbons (Fsp3) is 0.357. The second-order valence-corrected chi connectivity index (χ2v) is 11.4. The summed E-state index contributed by atoms with van der Waals surface area (Å²) in [5.74, 6) is -0.547. The summed E-state index contributed by atoms with van der Waals surface area (Å²) in [6.45, 7) is -0.453. The number of ether oxygens (including phenoxy) is 1. The van der Waals surface area contributed by atoms with Crippen molar-refractivity contribution in [2.75, 3.05) is 38.7 Å². The standard InChI is InChI=1S/C28H35ClFN6O9P/c1-36(27(38)33-17-20-10-7-12-22(30)25(20)29)21(11-5-6-13-31-26(37)32-14-15-44-46(40,41)42)18-43-28(39)34-24-16-23(35-45-24)19-8-3-2-4-9-19/h2-4,7-10,12,16,21H,5-6,11,13-15,17-18H2,1H3,(H,33,38)(H,34,39)(H2,31,32,37)(H2,40,41,42)/t21-/m0/s1. The van der Waals surface area contributed by atoms with Crippen LogP contribution in [0.5, 0.6) is 0 Å². The summed E-state index contributed by atoms with van der Waals surface area (Å²) >= 11 is 5.99. The molecule has 0 aliphatic heterocycles. The van der Waals surface area contributed by atoms with Crippen LogP contribution in [0.25, 0.3) is 11.3 Å². The zero-order valence-corrected chi connectivity index (χ0v) is 26.4. The fourth-order valence-corrected chi connectivity index (χ4v) is 4.54. The molecule has 46 heavy (non-hydrogen) atoms. The highest BCUT2D eigenvalue weighted by Gasteiger charge is 2.22. The Morgan fingerprint density at radius 3 is 2.54 bits per heavy atom. The minimum atomic E-state index is -4.61. The van der Waals surface area contributed by atoms with Crippen LogP contribution in [0.4, 0.5) is 24.7 Å². The van der Waals surface area contributed by atoms with Gasteiger partial charge in [0.05, 0.1) is 17.7 Å². The van der Waals surface area contributed by atoms with Crippen LogP contribution in [0.2, 0.25) is 5.02 Å². The van der Waals surface area contributed by atoms with Crippen molar-refractivity contribution in [2.24, 2.45) is 0 Å². The Morgan fingerprint density at radius 1 is 1.07 bits per heavy atom. The molecule has 0 saturated heterocycles. The molecule has 1 atom stereocenters. The number of benzene rings is 2. The number of phosphoric acid groups is 1.